The van der Waals surface area contributed by atoms with Crippen LogP contribution in [0, 0.1) is 0 Å². The lowest BCUT2D eigenvalue weighted by Gasteiger charge is -2.10. The first-order valence-electron chi connectivity index (χ1n) is 5.76. The van der Waals surface area contributed by atoms with Crippen LogP contribution in [-0.4, -0.2) is 14.0 Å². The first-order chi connectivity index (χ1) is 8.33. The standard InChI is InChI=1S/C13H13N3O/c1-2-7-15-10-5-3-4-6-11(10)16-9-14-8-12(16)13(15)17/h3-6,8-9H,2,7H2,1H3. The molecule has 0 spiro atoms. The van der Waals surface area contributed by atoms with Crippen molar-refractivity contribution in [2.45, 2.75) is 19.9 Å². The van der Waals surface area contributed by atoms with Crippen molar-refractivity contribution in [3.63, 3.8) is 0 Å². The van der Waals surface area contributed by atoms with Crippen molar-refractivity contribution in [2.24, 2.45) is 0 Å². The van der Waals surface area contributed by atoms with Crippen molar-refractivity contribution in [2.75, 3.05) is 0 Å². The molecule has 0 bridgehead atoms. The van der Waals surface area contributed by atoms with Gasteiger partial charge >= 0.3 is 0 Å². The van der Waals surface area contributed by atoms with Gasteiger partial charge in [0.1, 0.15) is 5.52 Å². The van der Waals surface area contributed by atoms with Crippen LogP contribution in [0.5, 0.6) is 0 Å². The fourth-order valence-electron chi connectivity index (χ4n) is 2.23. The number of rotatable bonds is 2. The summed E-state index contributed by atoms with van der Waals surface area (Å²) in [6, 6.07) is 7.92. The third kappa shape index (κ3) is 1.37. The van der Waals surface area contributed by atoms with Gasteiger partial charge in [0.05, 0.1) is 23.6 Å². The summed E-state index contributed by atoms with van der Waals surface area (Å²) in [5, 5.41) is 0. The molecule has 0 amide bonds. The quantitative estimate of drug-likeness (QED) is 0.672. The average Bonchev–Trinajstić information content (AvgIpc) is 2.84. The lowest BCUT2D eigenvalue weighted by molar-refractivity contribution is 0.678. The molecule has 2 heterocycles. The topological polar surface area (TPSA) is 39.3 Å². The molecule has 4 heteroatoms. The summed E-state index contributed by atoms with van der Waals surface area (Å²) >= 11 is 0. The molecule has 1 aromatic carbocycles. The third-order valence-electron chi connectivity index (χ3n) is 2.98. The van der Waals surface area contributed by atoms with Gasteiger partial charge < -0.3 is 4.57 Å². The van der Waals surface area contributed by atoms with Crippen LogP contribution in [0.15, 0.2) is 41.6 Å². The fraction of sp³-hybridized carbons (Fsp3) is 0.231. The van der Waals surface area contributed by atoms with Crippen LogP contribution in [0.2, 0.25) is 0 Å². The van der Waals surface area contributed by atoms with Gasteiger partial charge in [-0.15, -0.1) is 0 Å². The SMILES string of the molecule is CCCn1c(=O)c2cncn2c2ccccc21. The molecule has 0 saturated heterocycles. The maximum Gasteiger partial charge on any atom is 0.276 e. The maximum absolute atomic E-state index is 12.3. The highest BCUT2D eigenvalue weighted by Gasteiger charge is 2.09. The number of imidazole rings is 1. The second kappa shape index (κ2) is 3.73. The van der Waals surface area contributed by atoms with E-state index >= 15 is 0 Å². The zero-order valence-corrected chi connectivity index (χ0v) is 9.63. The Kier molecular flexibility index (Phi) is 2.21. The summed E-state index contributed by atoms with van der Waals surface area (Å²) in [5.41, 5.74) is 2.65. The molecule has 0 saturated carbocycles. The molecule has 0 fully saturated rings. The van der Waals surface area contributed by atoms with E-state index < -0.39 is 0 Å². The first kappa shape index (κ1) is 10.1. The highest BCUT2D eigenvalue weighted by molar-refractivity contribution is 5.78. The number of aromatic nitrogens is 3. The van der Waals surface area contributed by atoms with Crippen molar-refractivity contribution in [3.05, 3.63) is 47.1 Å². The lowest BCUT2D eigenvalue weighted by Crippen LogP contribution is -2.22. The number of benzene rings is 1. The molecule has 0 aliphatic heterocycles. The van der Waals surface area contributed by atoms with Crippen LogP contribution >= 0.6 is 0 Å². The highest BCUT2D eigenvalue weighted by atomic mass is 16.1. The molecule has 4 nitrogen and oxygen atoms in total. The van der Waals surface area contributed by atoms with Gasteiger partial charge in [0.2, 0.25) is 0 Å². The molecule has 3 rings (SSSR count). The smallest absolute Gasteiger partial charge is 0.276 e. The maximum atomic E-state index is 12.3. The predicted octanol–water partition coefficient (Wildman–Crippen LogP) is 2.06. The average molecular weight is 227 g/mol. The monoisotopic (exact) mass is 227 g/mol. The molecule has 0 unspecified atom stereocenters. The second-order valence-corrected chi connectivity index (χ2v) is 4.09. The third-order valence-corrected chi connectivity index (χ3v) is 2.98. The van der Waals surface area contributed by atoms with Gasteiger partial charge in [-0.25, -0.2) is 4.98 Å². The molecule has 0 aliphatic rings. The van der Waals surface area contributed by atoms with Crippen LogP contribution in [0.4, 0.5) is 0 Å². The van der Waals surface area contributed by atoms with E-state index in [4.69, 9.17) is 0 Å². The Labute approximate surface area is 98.1 Å². The van der Waals surface area contributed by atoms with E-state index in [2.05, 4.69) is 11.9 Å². The first-order valence-corrected chi connectivity index (χ1v) is 5.76. The van der Waals surface area contributed by atoms with Gasteiger partial charge in [0.15, 0.2) is 0 Å². The minimum absolute atomic E-state index is 0.0306. The Morgan fingerprint density at radius 3 is 2.71 bits per heavy atom. The van der Waals surface area contributed by atoms with E-state index in [1.807, 2.05) is 33.2 Å². The molecular weight excluding hydrogens is 214 g/mol. The van der Waals surface area contributed by atoms with Crippen molar-refractivity contribution < 1.29 is 0 Å². The number of para-hydroxylation sites is 2. The molecule has 0 N–H and O–H groups in total. The summed E-state index contributed by atoms with van der Waals surface area (Å²) in [6.45, 7) is 2.81. The zero-order chi connectivity index (χ0) is 11.8. The summed E-state index contributed by atoms with van der Waals surface area (Å²) in [6.07, 6.45) is 4.25. The zero-order valence-electron chi connectivity index (χ0n) is 9.63. The van der Waals surface area contributed by atoms with Gasteiger partial charge in [-0.05, 0) is 18.6 Å². The van der Waals surface area contributed by atoms with E-state index in [9.17, 15) is 4.79 Å². The Morgan fingerprint density at radius 1 is 1.18 bits per heavy atom. The van der Waals surface area contributed by atoms with Crippen molar-refractivity contribution in [3.8, 4) is 0 Å². The van der Waals surface area contributed by atoms with Gasteiger partial charge in [-0.1, -0.05) is 19.1 Å². The Morgan fingerprint density at radius 2 is 1.94 bits per heavy atom. The molecule has 2 aromatic heterocycles. The minimum Gasteiger partial charge on any atom is -0.305 e. The van der Waals surface area contributed by atoms with Gasteiger partial charge in [0, 0.05) is 6.54 Å². The lowest BCUT2D eigenvalue weighted by atomic mass is 10.2. The van der Waals surface area contributed by atoms with Crippen molar-refractivity contribution in [1.29, 1.82) is 0 Å². The van der Waals surface area contributed by atoms with Crippen LogP contribution in [-0.2, 0) is 6.54 Å². The normalized spacial score (nSPS) is 11.4. The van der Waals surface area contributed by atoms with Gasteiger partial charge in [-0.3, -0.25) is 9.20 Å². The van der Waals surface area contributed by atoms with Crippen LogP contribution < -0.4 is 5.56 Å². The number of nitrogens with zero attached hydrogens (tertiary/aromatic N) is 3. The summed E-state index contributed by atoms with van der Waals surface area (Å²) in [4.78, 5) is 16.4. The Balaban J connectivity index is 2.57. The second-order valence-electron chi connectivity index (χ2n) is 4.09. The molecule has 0 atom stereocenters. The van der Waals surface area contributed by atoms with E-state index in [1.165, 1.54) is 0 Å². The van der Waals surface area contributed by atoms with Crippen LogP contribution in [0.25, 0.3) is 16.6 Å². The summed E-state index contributed by atoms with van der Waals surface area (Å²) in [7, 11) is 0. The van der Waals surface area contributed by atoms with Gasteiger partial charge in [-0.2, -0.15) is 0 Å². The number of aryl methyl sites for hydroxylation is 1. The van der Waals surface area contributed by atoms with Crippen LogP contribution in [0.1, 0.15) is 13.3 Å². The number of hydrogen-bond donors (Lipinski definition) is 0. The molecule has 0 aliphatic carbocycles. The summed E-state index contributed by atoms with van der Waals surface area (Å²) in [5.74, 6) is 0. The predicted molar refractivity (Wildman–Crippen MR) is 67.2 cm³/mol. The van der Waals surface area contributed by atoms with Crippen LogP contribution in [0.3, 0.4) is 0 Å². The number of hydrogen-bond acceptors (Lipinski definition) is 2. The van der Waals surface area contributed by atoms with Gasteiger partial charge in [0.25, 0.3) is 5.56 Å². The molecule has 0 radical (unpaired) electrons. The Bertz CT molecular complexity index is 739. The van der Waals surface area contributed by atoms with E-state index in [-0.39, 0.29) is 5.56 Å². The molecule has 86 valence electrons. The van der Waals surface area contributed by atoms with Crippen molar-refractivity contribution in [1.82, 2.24) is 14.0 Å². The Hall–Kier alpha value is -2.10. The molecular formula is C13H13N3O. The molecule has 17 heavy (non-hydrogen) atoms. The van der Waals surface area contributed by atoms with E-state index in [0.29, 0.717) is 5.52 Å². The summed E-state index contributed by atoms with van der Waals surface area (Å²) < 4.78 is 3.68. The van der Waals surface area contributed by atoms with Crippen molar-refractivity contribution >= 4 is 16.6 Å². The largest absolute Gasteiger partial charge is 0.305 e. The molecule has 3 aromatic rings. The highest BCUT2D eigenvalue weighted by Crippen LogP contribution is 2.14. The van der Waals surface area contributed by atoms with E-state index in [1.54, 1.807) is 12.5 Å². The minimum atomic E-state index is 0.0306. The fourth-order valence-corrected chi connectivity index (χ4v) is 2.23. The van der Waals surface area contributed by atoms with E-state index in [0.717, 1.165) is 24.0 Å². The number of fused-ring (bicyclic) bond motifs is 3.